The fraction of sp³-hybridized carbons (Fsp3) is 0.444. The van der Waals surface area contributed by atoms with Crippen LogP contribution in [0.2, 0.25) is 0 Å². The van der Waals surface area contributed by atoms with E-state index in [-0.39, 0.29) is 18.1 Å². The summed E-state index contributed by atoms with van der Waals surface area (Å²) in [4.78, 5) is 10.4. The molecule has 0 bridgehead atoms. The SMILES string of the molecule is CN(C)S(=O)(=O)CCNS(=O)(=O)c1ccc(C=O)o1. The third-order valence-corrected chi connectivity index (χ3v) is 5.36. The molecule has 8 nitrogen and oxygen atoms in total. The number of aldehydes is 1. The summed E-state index contributed by atoms with van der Waals surface area (Å²) in [6.07, 6.45) is 0.371. The highest BCUT2D eigenvalue weighted by Gasteiger charge is 2.20. The van der Waals surface area contributed by atoms with Gasteiger partial charge in [0.15, 0.2) is 12.0 Å². The molecule has 0 aromatic carbocycles. The summed E-state index contributed by atoms with van der Waals surface area (Å²) in [5.41, 5.74) is 0. The van der Waals surface area contributed by atoms with Gasteiger partial charge in [0, 0.05) is 20.6 Å². The molecule has 10 heteroatoms. The molecule has 0 aliphatic rings. The van der Waals surface area contributed by atoms with Crippen molar-refractivity contribution in [3.05, 3.63) is 17.9 Å². The number of nitrogens with zero attached hydrogens (tertiary/aromatic N) is 1. The molecule has 108 valence electrons. The zero-order chi connectivity index (χ0) is 14.7. The fourth-order valence-electron chi connectivity index (χ4n) is 1.10. The first kappa shape index (κ1) is 15.8. The molecule has 1 N–H and O–H groups in total. The van der Waals surface area contributed by atoms with Crippen molar-refractivity contribution in [2.24, 2.45) is 0 Å². The Kier molecular flexibility index (Phi) is 4.85. The van der Waals surface area contributed by atoms with E-state index >= 15 is 0 Å². The van der Waals surface area contributed by atoms with Crippen LogP contribution < -0.4 is 4.72 Å². The lowest BCUT2D eigenvalue weighted by Crippen LogP contribution is -2.33. The monoisotopic (exact) mass is 310 g/mol. The second-order valence-corrected chi connectivity index (χ2v) is 7.77. The Morgan fingerprint density at radius 1 is 1.26 bits per heavy atom. The van der Waals surface area contributed by atoms with Gasteiger partial charge in [-0.2, -0.15) is 0 Å². The van der Waals surface area contributed by atoms with E-state index in [2.05, 4.69) is 4.72 Å². The first-order chi connectivity index (χ1) is 8.69. The maximum Gasteiger partial charge on any atom is 0.274 e. The normalized spacial score (nSPS) is 12.8. The quantitative estimate of drug-likeness (QED) is 0.664. The zero-order valence-electron chi connectivity index (χ0n) is 10.4. The summed E-state index contributed by atoms with van der Waals surface area (Å²) in [6.45, 7) is -0.292. The first-order valence-electron chi connectivity index (χ1n) is 5.14. The number of carbonyl (C=O) groups excluding carboxylic acids is 1. The number of hydrogen-bond donors (Lipinski definition) is 1. The lowest BCUT2D eigenvalue weighted by molar-refractivity contribution is 0.109. The lowest BCUT2D eigenvalue weighted by Gasteiger charge is -2.11. The third-order valence-electron chi connectivity index (χ3n) is 2.19. The number of furan rings is 1. The molecule has 0 aliphatic carbocycles. The van der Waals surface area contributed by atoms with Gasteiger partial charge in [0.2, 0.25) is 15.1 Å². The van der Waals surface area contributed by atoms with Crippen LogP contribution in [0, 0.1) is 0 Å². The van der Waals surface area contributed by atoms with Crippen molar-refractivity contribution < 1.29 is 26.0 Å². The van der Waals surface area contributed by atoms with E-state index < -0.39 is 25.1 Å². The highest BCUT2D eigenvalue weighted by Crippen LogP contribution is 2.12. The van der Waals surface area contributed by atoms with E-state index in [9.17, 15) is 21.6 Å². The molecule has 19 heavy (non-hydrogen) atoms. The van der Waals surface area contributed by atoms with Crippen LogP contribution in [0.3, 0.4) is 0 Å². The van der Waals surface area contributed by atoms with Crippen molar-refractivity contribution in [2.75, 3.05) is 26.4 Å². The molecule has 0 aliphatic heterocycles. The van der Waals surface area contributed by atoms with Crippen molar-refractivity contribution in [2.45, 2.75) is 5.09 Å². The van der Waals surface area contributed by atoms with Crippen LogP contribution in [-0.4, -0.2) is 53.8 Å². The molecule has 0 fully saturated rings. The van der Waals surface area contributed by atoms with Gasteiger partial charge in [-0.05, 0) is 12.1 Å². The van der Waals surface area contributed by atoms with Crippen molar-refractivity contribution >= 4 is 26.3 Å². The Bertz CT molecular complexity index is 644. The molecule has 0 unspecified atom stereocenters. The minimum atomic E-state index is -3.96. The Hall–Kier alpha value is -1.23. The summed E-state index contributed by atoms with van der Waals surface area (Å²) < 4.78 is 54.1. The van der Waals surface area contributed by atoms with Gasteiger partial charge in [0.25, 0.3) is 10.0 Å². The van der Waals surface area contributed by atoms with E-state index in [4.69, 9.17) is 4.42 Å². The van der Waals surface area contributed by atoms with E-state index in [0.717, 1.165) is 10.4 Å². The van der Waals surface area contributed by atoms with Gasteiger partial charge in [-0.1, -0.05) is 0 Å². The molecule has 0 atom stereocenters. The minimum Gasteiger partial charge on any atom is -0.440 e. The van der Waals surface area contributed by atoms with Gasteiger partial charge in [0.1, 0.15) is 0 Å². The van der Waals surface area contributed by atoms with Crippen LogP contribution in [0.25, 0.3) is 0 Å². The summed E-state index contributed by atoms with van der Waals surface area (Å²) in [6, 6.07) is 2.32. The van der Waals surface area contributed by atoms with Crippen LogP contribution in [0.1, 0.15) is 10.6 Å². The molecule has 0 saturated carbocycles. The fourth-order valence-corrected chi connectivity index (χ4v) is 2.92. The minimum absolute atomic E-state index is 0.124. The average molecular weight is 310 g/mol. The molecular formula is C9H14N2O6S2. The van der Waals surface area contributed by atoms with Crippen LogP contribution >= 0.6 is 0 Å². The molecule has 1 aromatic heterocycles. The number of rotatable bonds is 7. The predicted molar refractivity (Wildman–Crippen MR) is 66.8 cm³/mol. The van der Waals surface area contributed by atoms with Crippen LogP contribution in [0.4, 0.5) is 0 Å². The average Bonchev–Trinajstić information content (AvgIpc) is 2.77. The molecule has 1 heterocycles. The Labute approximate surface area is 111 Å². The zero-order valence-corrected chi connectivity index (χ0v) is 12.0. The second-order valence-electron chi connectivity index (χ2n) is 3.77. The Balaban J connectivity index is 2.69. The maximum absolute atomic E-state index is 11.7. The van der Waals surface area contributed by atoms with Crippen molar-refractivity contribution in [3.63, 3.8) is 0 Å². The lowest BCUT2D eigenvalue weighted by atomic mass is 10.5. The van der Waals surface area contributed by atoms with E-state index in [0.29, 0.717) is 6.29 Å². The van der Waals surface area contributed by atoms with Gasteiger partial charge in [0.05, 0.1) is 5.75 Å². The number of sulfonamides is 2. The molecule has 1 aromatic rings. The Morgan fingerprint density at radius 3 is 2.37 bits per heavy atom. The molecule has 0 spiro atoms. The van der Waals surface area contributed by atoms with Crippen LogP contribution in [-0.2, 0) is 20.0 Å². The summed E-state index contributed by atoms with van der Waals surface area (Å²) in [5, 5.41) is -0.433. The van der Waals surface area contributed by atoms with E-state index in [1.807, 2.05) is 0 Å². The summed E-state index contributed by atoms with van der Waals surface area (Å²) >= 11 is 0. The number of nitrogens with one attached hydrogen (secondary N) is 1. The summed E-state index contributed by atoms with van der Waals surface area (Å²) in [5.74, 6) is -0.498. The van der Waals surface area contributed by atoms with Gasteiger partial charge in [-0.25, -0.2) is 25.9 Å². The number of hydrogen-bond acceptors (Lipinski definition) is 6. The second kappa shape index (κ2) is 5.82. The van der Waals surface area contributed by atoms with Gasteiger partial charge in [-0.3, -0.25) is 4.79 Å². The highest BCUT2D eigenvalue weighted by molar-refractivity contribution is 7.90. The third kappa shape index (κ3) is 4.13. The highest BCUT2D eigenvalue weighted by atomic mass is 32.2. The molecule has 0 amide bonds. The summed E-state index contributed by atoms with van der Waals surface area (Å²) in [7, 11) is -4.73. The topological polar surface area (TPSA) is 114 Å². The predicted octanol–water partition coefficient (Wildman–Crippen LogP) is -0.738. The number of carbonyl (C=O) groups is 1. The van der Waals surface area contributed by atoms with Crippen LogP contribution in [0.15, 0.2) is 21.6 Å². The van der Waals surface area contributed by atoms with Crippen LogP contribution in [0.5, 0.6) is 0 Å². The van der Waals surface area contributed by atoms with Gasteiger partial charge >= 0.3 is 0 Å². The van der Waals surface area contributed by atoms with Crippen molar-refractivity contribution in [1.82, 2.24) is 9.03 Å². The van der Waals surface area contributed by atoms with Crippen molar-refractivity contribution in [1.29, 1.82) is 0 Å². The van der Waals surface area contributed by atoms with Crippen molar-refractivity contribution in [3.8, 4) is 0 Å². The standard InChI is InChI=1S/C9H14N2O6S2/c1-11(2)18(13,14)6-5-10-19(15,16)9-4-3-8(7-12)17-9/h3-4,7,10H,5-6H2,1-2H3. The van der Waals surface area contributed by atoms with E-state index in [1.165, 1.54) is 20.2 Å². The molecule has 0 radical (unpaired) electrons. The maximum atomic E-state index is 11.7. The molecular weight excluding hydrogens is 296 g/mol. The molecule has 0 saturated heterocycles. The van der Waals surface area contributed by atoms with E-state index in [1.54, 1.807) is 0 Å². The smallest absolute Gasteiger partial charge is 0.274 e. The Morgan fingerprint density at radius 2 is 1.89 bits per heavy atom. The largest absolute Gasteiger partial charge is 0.440 e. The first-order valence-corrected chi connectivity index (χ1v) is 8.23. The van der Waals surface area contributed by atoms with Gasteiger partial charge < -0.3 is 4.42 Å². The molecule has 1 rings (SSSR count). The van der Waals surface area contributed by atoms with Gasteiger partial charge in [-0.15, -0.1) is 0 Å².